The smallest absolute Gasteiger partial charge is 0.311 e. The molecule has 1 aromatic heterocycles. The van der Waals surface area contributed by atoms with Crippen LogP contribution in [0.2, 0.25) is 0 Å². The number of H-pyrrole nitrogens is 1. The Labute approximate surface area is 139 Å². The Balaban J connectivity index is 1.44. The number of carbonyl (C=O) groups is 1. The van der Waals surface area contributed by atoms with Crippen LogP contribution in [0.5, 0.6) is 5.75 Å². The molecule has 0 atom stereocenters. The number of benzene rings is 3. The maximum absolute atomic E-state index is 12.1. The SMILES string of the molecule is O=C(CCc1c[nH]c2ccccc12)Oc1ccc2ccccc2c1. The average molecular weight is 315 g/mol. The van der Waals surface area contributed by atoms with E-state index in [1.165, 1.54) is 0 Å². The molecule has 4 aromatic rings. The van der Waals surface area contributed by atoms with Crippen molar-refractivity contribution in [1.82, 2.24) is 4.98 Å². The van der Waals surface area contributed by atoms with Gasteiger partial charge in [-0.15, -0.1) is 0 Å². The van der Waals surface area contributed by atoms with Crippen molar-refractivity contribution < 1.29 is 9.53 Å². The first kappa shape index (κ1) is 14.5. The molecular weight excluding hydrogens is 298 g/mol. The second-order valence-electron chi connectivity index (χ2n) is 5.84. The number of para-hydroxylation sites is 1. The third-order valence-corrected chi connectivity index (χ3v) is 4.23. The molecule has 24 heavy (non-hydrogen) atoms. The van der Waals surface area contributed by atoms with Gasteiger partial charge in [0.2, 0.25) is 0 Å². The van der Waals surface area contributed by atoms with Crippen LogP contribution < -0.4 is 4.74 Å². The molecule has 1 N–H and O–H groups in total. The Morgan fingerprint density at radius 3 is 2.62 bits per heavy atom. The number of aromatic amines is 1. The van der Waals surface area contributed by atoms with Crippen molar-refractivity contribution in [1.29, 1.82) is 0 Å². The molecule has 0 saturated carbocycles. The molecule has 1 heterocycles. The highest BCUT2D eigenvalue weighted by molar-refractivity contribution is 5.85. The minimum absolute atomic E-state index is 0.212. The van der Waals surface area contributed by atoms with E-state index in [0.717, 1.165) is 27.2 Å². The van der Waals surface area contributed by atoms with E-state index >= 15 is 0 Å². The van der Waals surface area contributed by atoms with Crippen molar-refractivity contribution >= 4 is 27.6 Å². The number of ether oxygens (including phenoxy) is 1. The van der Waals surface area contributed by atoms with Gasteiger partial charge in [-0.05, 0) is 41.0 Å². The van der Waals surface area contributed by atoms with Gasteiger partial charge >= 0.3 is 5.97 Å². The van der Waals surface area contributed by atoms with Gasteiger partial charge in [-0.2, -0.15) is 0 Å². The Kier molecular flexibility index (Phi) is 3.75. The fourth-order valence-electron chi connectivity index (χ4n) is 2.99. The number of rotatable bonds is 4. The van der Waals surface area contributed by atoms with Crippen molar-refractivity contribution in [3.8, 4) is 5.75 Å². The van der Waals surface area contributed by atoms with Crippen molar-refractivity contribution in [3.05, 3.63) is 78.5 Å². The second kappa shape index (κ2) is 6.20. The minimum Gasteiger partial charge on any atom is -0.426 e. The number of fused-ring (bicyclic) bond motifs is 2. The number of hydrogen-bond acceptors (Lipinski definition) is 2. The molecular formula is C21H17NO2. The molecule has 3 nitrogen and oxygen atoms in total. The number of esters is 1. The summed E-state index contributed by atoms with van der Waals surface area (Å²) in [5.74, 6) is 0.383. The van der Waals surface area contributed by atoms with Gasteiger partial charge in [0.15, 0.2) is 0 Å². The summed E-state index contributed by atoms with van der Waals surface area (Å²) in [6.45, 7) is 0. The lowest BCUT2D eigenvalue weighted by molar-refractivity contribution is -0.134. The lowest BCUT2D eigenvalue weighted by Crippen LogP contribution is -2.08. The third kappa shape index (κ3) is 2.88. The van der Waals surface area contributed by atoms with Crippen LogP contribution in [-0.2, 0) is 11.2 Å². The van der Waals surface area contributed by atoms with Gasteiger partial charge in [-0.3, -0.25) is 4.79 Å². The van der Waals surface area contributed by atoms with Crippen LogP contribution in [0.1, 0.15) is 12.0 Å². The molecule has 118 valence electrons. The number of carbonyl (C=O) groups excluding carboxylic acids is 1. The van der Waals surface area contributed by atoms with Gasteiger partial charge in [0.1, 0.15) is 5.75 Å². The minimum atomic E-state index is -0.212. The van der Waals surface area contributed by atoms with Crippen molar-refractivity contribution in [2.45, 2.75) is 12.8 Å². The summed E-state index contributed by atoms with van der Waals surface area (Å²) in [7, 11) is 0. The highest BCUT2D eigenvalue weighted by atomic mass is 16.5. The summed E-state index contributed by atoms with van der Waals surface area (Å²) < 4.78 is 5.48. The van der Waals surface area contributed by atoms with Crippen LogP contribution >= 0.6 is 0 Å². The normalized spacial score (nSPS) is 11.0. The molecule has 0 aliphatic rings. The zero-order chi connectivity index (χ0) is 16.4. The maximum atomic E-state index is 12.1. The van der Waals surface area contributed by atoms with Crippen LogP contribution in [-0.4, -0.2) is 11.0 Å². The van der Waals surface area contributed by atoms with Gasteiger partial charge in [-0.25, -0.2) is 0 Å². The molecule has 0 fully saturated rings. The summed E-state index contributed by atoms with van der Waals surface area (Å²) in [6, 6.07) is 21.8. The van der Waals surface area contributed by atoms with Crippen LogP contribution in [0.15, 0.2) is 72.9 Å². The van der Waals surface area contributed by atoms with E-state index in [9.17, 15) is 4.79 Å². The largest absolute Gasteiger partial charge is 0.426 e. The molecule has 0 saturated heterocycles. The van der Waals surface area contributed by atoms with Crippen molar-refractivity contribution in [3.63, 3.8) is 0 Å². The molecule has 4 rings (SSSR count). The summed E-state index contributed by atoms with van der Waals surface area (Å²) >= 11 is 0. The molecule has 0 spiro atoms. The van der Waals surface area contributed by atoms with Crippen LogP contribution in [0.4, 0.5) is 0 Å². The second-order valence-corrected chi connectivity index (χ2v) is 5.84. The Bertz CT molecular complexity index is 1020. The van der Waals surface area contributed by atoms with Gasteiger partial charge < -0.3 is 9.72 Å². The van der Waals surface area contributed by atoms with E-state index in [4.69, 9.17) is 4.74 Å². The monoisotopic (exact) mass is 315 g/mol. The first-order valence-corrected chi connectivity index (χ1v) is 8.04. The third-order valence-electron chi connectivity index (χ3n) is 4.23. The Morgan fingerprint density at radius 2 is 1.71 bits per heavy atom. The first-order valence-electron chi connectivity index (χ1n) is 8.04. The van der Waals surface area contributed by atoms with E-state index in [1.54, 1.807) is 0 Å². The fourth-order valence-corrected chi connectivity index (χ4v) is 2.99. The highest BCUT2D eigenvalue weighted by Gasteiger charge is 2.09. The molecule has 0 aliphatic carbocycles. The number of hydrogen-bond donors (Lipinski definition) is 1. The van der Waals surface area contributed by atoms with Gasteiger partial charge in [0, 0.05) is 17.1 Å². The first-order chi connectivity index (χ1) is 11.8. The number of aromatic nitrogens is 1. The molecule has 3 heteroatoms. The Morgan fingerprint density at radius 1 is 0.917 bits per heavy atom. The average Bonchev–Trinajstić information content (AvgIpc) is 3.03. The quantitative estimate of drug-likeness (QED) is 0.432. The van der Waals surface area contributed by atoms with E-state index in [-0.39, 0.29) is 5.97 Å². The number of aryl methyl sites for hydroxylation is 1. The summed E-state index contributed by atoms with van der Waals surface area (Å²) in [4.78, 5) is 15.4. The fraction of sp³-hybridized carbons (Fsp3) is 0.0952. The summed E-state index contributed by atoms with van der Waals surface area (Å²) in [6.07, 6.45) is 2.99. The molecule has 0 unspecified atom stereocenters. The van der Waals surface area contributed by atoms with Gasteiger partial charge in [-0.1, -0.05) is 48.5 Å². The number of nitrogens with one attached hydrogen (secondary N) is 1. The predicted octanol–water partition coefficient (Wildman–Crippen LogP) is 4.86. The van der Waals surface area contributed by atoms with E-state index in [1.807, 2.05) is 66.9 Å². The van der Waals surface area contributed by atoms with E-state index < -0.39 is 0 Å². The van der Waals surface area contributed by atoms with Crippen LogP contribution in [0.25, 0.3) is 21.7 Å². The van der Waals surface area contributed by atoms with Crippen LogP contribution in [0, 0.1) is 0 Å². The van der Waals surface area contributed by atoms with Gasteiger partial charge in [0.25, 0.3) is 0 Å². The molecule has 0 amide bonds. The highest BCUT2D eigenvalue weighted by Crippen LogP contribution is 2.22. The summed E-state index contributed by atoms with van der Waals surface area (Å²) in [5, 5.41) is 3.37. The maximum Gasteiger partial charge on any atom is 0.311 e. The Hall–Kier alpha value is -3.07. The zero-order valence-electron chi connectivity index (χ0n) is 13.2. The van der Waals surface area contributed by atoms with E-state index in [0.29, 0.717) is 18.6 Å². The zero-order valence-corrected chi connectivity index (χ0v) is 13.2. The molecule has 0 bridgehead atoms. The molecule has 0 radical (unpaired) electrons. The predicted molar refractivity (Wildman–Crippen MR) is 96.2 cm³/mol. The van der Waals surface area contributed by atoms with Crippen molar-refractivity contribution in [2.75, 3.05) is 0 Å². The molecule has 3 aromatic carbocycles. The van der Waals surface area contributed by atoms with Crippen LogP contribution in [0.3, 0.4) is 0 Å². The van der Waals surface area contributed by atoms with Gasteiger partial charge in [0.05, 0.1) is 6.42 Å². The summed E-state index contributed by atoms with van der Waals surface area (Å²) in [5.41, 5.74) is 2.23. The molecule has 0 aliphatic heterocycles. The topological polar surface area (TPSA) is 42.1 Å². The lowest BCUT2D eigenvalue weighted by atomic mass is 10.1. The lowest BCUT2D eigenvalue weighted by Gasteiger charge is -2.05. The standard InChI is InChI=1S/C21H17NO2/c23-21(12-10-17-14-22-20-8-4-3-7-19(17)20)24-18-11-9-15-5-1-2-6-16(15)13-18/h1-9,11,13-14,22H,10,12H2. The van der Waals surface area contributed by atoms with Crippen molar-refractivity contribution in [2.24, 2.45) is 0 Å². The van der Waals surface area contributed by atoms with E-state index in [2.05, 4.69) is 11.1 Å².